The molecule has 0 unspecified atom stereocenters. The minimum atomic E-state index is -3.47. The van der Waals surface area contributed by atoms with E-state index in [1.54, 1.807) is 18.3 Å². The molecule has 0 aromatic carbocycles. The lowest BCUT2D eigenvalue weighted by Gasteiger charge is -2.31. The second kappa shape index (κ2) is 7.20. The lowest BCUT2D eigenvalue weighted by molar-refractivity contribution is 0.269. The van der Waals surface area contributed by atoms with Gasteiger partial charge in [0.25, 0.3) is 0 Å². The number of piperidine rings is 1. The van der Waals surface area contributed by atoms with Gasteiger partial charge in [0.05, 0.1) is 11.9 Å². The Morgan fingerprint density at radius 1 is 1.33 bits per heavy atom. The Morgan fingerprint density at radius 3 is 2.62 bits per heavy atom. The topological polar surface area (TPSA) is 74.3 Å². The van der Waals surface area contributed by atoms with Crippen LogP contribution in [0.4, 0.5) is 5.69 Å². The highest BCUT2D eigenvalue weighted by atomic mass is 32.2. The monoisotopic (exact) mass is 312 g/mol. The molecule has 118 valence electrons. The van der Waals surface area contributed by atoms with E-state index in [9.17, 15) is 8.42 Å². The van der Waals surface area contributed by atoms with Gasteiger partial charge in [0, 0.05) is 18.8 Å². The quantitative estimate of drug-likeness (QED) is 0.832. The zero-order valence-corrected chi connectivity index (χ0v) is 13.5. The average molecular weight is 312 g/mol. The van der Waals surface area contributed by atoms with E-state index < -0.39 is 10.2 Å². The molecular weight excluding hydrogens is 288 g/mol. The van der Waals surface area contributed by atoms with Crippen molar-refractivity contribution in [3.8, 4) is 0 Å². The van der Waals surface area contributed by atoms with Crippen molar-refractivity contribution in [3.63, 3.8) is 0 Å². The van der Waals surface area contributed by atoms with E-state index in [0.29, 0.717) is 24.7 Å². The third-order valence-corrected chi connectivity index (χ3v) is 5.29. The Morgan fingerprint density at radius 2 is 2.05 bits per heavy atom. The van der Waals surface area contributed by atoms with Gasteiger partial charge in [-0.2, -0.15) is 12.7 Å². The summed E-state index contributed by atoms with van der Waals surface area (Å²) in [4.78, 5) is 4.10. The fourth-order valence-corrected chi connectivity index (χ4v) is 3.68. The van der Waals surface area contributed by atoms with Crippen molar-refractivity contribution in [3.05, 3.63) is 24.0 Å². The van der Waals surface area contributed by atoms with Crippen molar-refractivity contribution in [1.82, 2.24) is 14.6 Å². The molecule has 2 heterocycles. The van der Waals surface area contributed by atoms with Gasteiger partial charge in [-0.25, -0.2) is 0 Å². The molecule has 1 aliphatic rings. The van der Waals surface area contributed by atoms with Crippen molar-refractivity contribution in [2.75, 3.05) is 30.9 Å². The van der Waals surface area contributed by atoms with Crippen LogP contribution in [0.15, 0.2) is 18.3 Å². The van der Waals surface area contributed by atoms with Crippen LogP contribution in [0.1, 0.15) is 25.5 Å². The number of rotatable bonds is 6. The average Bonchev–Trinajstić information content (AvgIpc) is 2.48. The zero-order chi connectivity index (χ0) is 15.3. The molecule has 0 aliphatic carbocycles. The fourth-order valence-electron chi connectivity index (χ4n) is 2.44. The van der Waals surface area contributed by atoms with Crippen molar-refractivity contribution in [1.29, 1.82) is 0 Å². The molecule has 0 atom stereocenters. The predicted octanol–water partition coefficient (Wildman–Crippen LogP) is 1.37. The molecule has 0 spiro atoms. The summed E-state index contributed by atoms with van der Waals surface area (Å²) in [5.74, 6) is 0.567. The van der Waals surface area contributed by atoms with Gasteiger partial charge in [-0.15, -0.1) is 0 Å². The third kappa shape index (κ3) is 4.66. The van der Waals surface area contributed by atoms with Crippen LogP contribution in [0.5, 0.6) is 0 Å². The molecule has 1 aromatic rings. The van der Waals surface area contributed by atoms with Gasteiger partial charge in [0.15, 0.2) is 0 Å². The number of nitrogens with one attached hydrogen (secondary N) is 2. The molecule has 7 heteroatoms. The molecule has 0 bridgehead atoms. The van der Waals surface area contributed by atoms with E-state index >= 15 is 0 Å². The van der Waals surface area contributed by atoms with Gasteiger partial charge in [0.2, 0.25) is 0 Å². The number of anilines is 1. The molecule has 1 aliphatic heterocycles. The number of aryl methyl sites for hydroxylation is 1. The second-order valence-electron chi connectivity index (χ2n) is 5.45. The first kappa shape index (κ1) is 16.2. The Hall–Kier alpha value is -1.18. The predicted molar refractivity (Wildman–Crippen MR) is 84.4 cm³/mol. The van der Waals surface area contributed by atoms with Crippen LogP contribution in [0, 0.1) is 12.8 Å². The number of aromatic nitrogens is 1. The normalized spacial score (nSPS) is 17.8. The third-order valence-electron chi connectivity index (χ3n) is 3.75. The molecular formula is C14H24N4O2S. The highest BCUT2D eigenvalue weighted by molar-refractivity contribution is 7.90. The largest absolute Gasteiger partial charge is 0.317 e. The molecule has 0 saturated carbocycles. The van der Waals surface area contributed by atoms with E-state index in [1.807, 2.05) is 6.92 Å². The number of hydrogen-bond acceptors (Lipinski definition) is 4. The van der Waals surface area contributed by atoms with Crippen LogP contribution in [0.3, 0.4) is 0 Å². The summed E-state index contributed by atoms with van der Waals surface area (Å²) < 4.78 is 28.8. The molecule has 2 rings (SSSR count). The highest BCUT2D eigenvalue weighted by Gasteiger charge is 2.27. The molecule has 0 radical (unpaired) electrons. The van der Waals surface area contributed by atoms with Crippen LogP contribution >= 0.6 is 0 Å². The van der Waals surface area contributed by atoms with Gasteiger partial charge in [-0.3, -0.25) is 9.71 Å². The van der Waals surface area contributed by atoms with Crippen molar-refractivity contribution < 1.29 is 8.42 Å². The van der Waals surface area contributed by atoms with Gasteiger partial charge in [0.1, 0.15) is 0 Å². The number of hydrogen-bond donors (Lipinski definition) is 2. The number of nitrogens with zero attached hydrogens (tertiary/aromatic N) is 2. The van der Waals surface area contributed by atoms with Crippen LogP contribution in [0.2, 0.25) is 0 Å². The van der Waals surface area contributed by atoms with Crippen molar-refractivity contribution in [2.45, 2.75) is 26.7 Å². The molecule has 1 fully saturated rings. The maximum absolute atomic E-state index is 12.3. The summed E-state index contributed by atoms with van der Waals surface area (Å²) in [6, 6.07) is 3.53. The van der Waals surface area contributed by atoms with E-state index in [2.05, 4.69) is 21.9 Å². The molecule has 6 nitrogen and oxygen atoms in total. The lowest BCUT2D eigenvalue weighted by Crippen LogP contribution is -2.43. The maximum Gasteiger partial charge on any atom is 0.301 e. The van der Waals surface area contributed by atoms with Crippen LogP contribution < -0.4 is 10.0 Å². The summed E-state index contributed by atoms with van der Waals surface area (Å²) in [5, 5.41) is 3.32. The van der Waals surface area contributed by atoms with Gasteiger partial charge in [-0.1, -0.05) is 6.92 Å². The van der Waals surface area contributed by atoms with Crippen molar-refractivity contribution in [2.24, 2.45) is 5.92 Å². The summed E-state index contributed by atoms with van der Waals surface area (Å²) in [5.41, 5.74) is 1.37. The van der Waals surface area contributed by atoms with Crippen LogP contribution in [0.25, 0.3) is 0 Å². The Bertz CT molecular complexity index is 537. The molecule has 21 heavy (non-hydrogen) atoms. The van der Waals surface area contributed by atoms with Gasteiger partial charge >= 0.3 is 10.2 Å². The summed E-state index contributed by atoms with van der Waals surface area (Å²) in [6.45, 7) is 7.03. The Labute approximate surface area is 127 Å². The van der Waals surface area contributed by atoms with E-state index in [-0.39, 0.29) is 0 Å². The summed E-state index contributed by atoms with van der Waals surface area (Å²) in [7, 11) is -3.47. The summed E-state index contributed by atoms with van der Waals surface area (Å²) in [6.07, 6.45) is 3.35. The Balaban J connectivity index is 1.90. The minimum Gasteiger partial charge on any atom is -0.317 e. The smallest absolute Gasteiger partial charge is 0.301 e. The van der Waals surface area contributed by atoms with Crippen LogP contribution in [-0.4, -0.2) is 43.9 Å². The molecule has 0 amide bonds. The fraction of sp³-hybridized carbons (Fsp3) is 0.643. The van der Waals surface area contributed by atoms with E-state index in [0.717, 1.165) is 31.6 Å². The molecule has 2 N–H and O–H groups in total. The summed E-state index contributed by atoms with van der Waals surface area (Å²) >= 11 is 0. The maximum atomic E-state index is 12.3. The van der Waals surface area contributed by atoms with Crippen LogP contribution in [-0.2, 0) is 10.2 Å². The number of pyridine rings is 1. The lowest BCUT2D eigenvalue weighted by atomic mass is 9.98. The van der Waals surface area contributed by atoms with E-state index in [4.69, 9.17) is 0 Å². The van der Waals surface area contributed by atoms with Gasteiger partial charge < -0.3 is 5.32 Å². The first-order valence-electron chi connectivity index (χ1n) is 7.42. The second-order valence-corrected chi connectivity index (χ2v) is 7.12. The first-order chi connectivity index (χ1) is 10.0. The molecule has 1 saturated heterocycles. The molecule has 1 aromatic heterocycles. The Kier molecular flexibility index (Phi) is 5.55. The standard InChI is InChI=1S/C14H24N4O2S/c1-3-15-10-13-6-8-18(9-7-13)21(19,20)17-14-5-4-12(2)16-11-14/h4-5,11,13,15,17H,3,6-10H2,1-2H3. The minimum absolute atomic E-state index is 0.510. The first-order valence-corrected chi connectivity index (χ1v) is 8.86. The van der Waals surface area contributed by atoms with Gasteiger partial charge in [-0.05, 0) is 50.9 Å². The van der Waals surface area contributed by atoms with E-state index in [1.165, 1.54) is 4.31 Å². The highest BCUT2D eigenvalue weighted by Crippen LogP contribution is 2.20. The zero-order valence-electron chi connectivity index (χ0n) is 12.7. The van der Waals surface area contributed by atoms with Crippen molar-refractivity contribution >= 4 is 15.9 Å². The SMILES string of the molecule is CCNCC1CCN(S(=O)(=O)Nc2ccc(C)nc2)CC1.